The van der Waals surface area contributed by atoms with Crippen molar-refractivity contribution in [3.63, 3.8) is 0 Å². The maximum absolute atomic E-state index is 12.1. The van der Waals surface area contributed by atoms with Crippen molar-refractivity contribution < 1.29 is 4.79 Å². The summed E-state index contributed by atoms with van der Waals surface area (Å²) in [5, 5.41) is 7.10. The van der Waals surface area contributed by atoms with Gasteiger partial charge in [0.05, 0.1) is 6.20 Å². The molecule has 3 N–H and O–H groups in total. The molecule has 5 nitrogen and oxygen atoms in total. The molecule has 1 aliphatic rings. The van der Waals surface area contributed by atoms with Gasteiger partial charge >= 0.3 is 0 Å². The van der Waals surface area contributed by atoms with Crippen LogP contribution in [0.3, 0.4) is 0 Å². The summed E-state index contributed by atoms with van der Waals surface area (Å²) in [6.07, 6.45) is 9.74. The predicted molar refractivity (Wildman–Crippen MR) is 74.3 cm³/mol. The zero-order valence-electron chi connectivity index (χ0n) is 11.8. The highest BCUT2D eigenvalue weighted by Gasteiger charge is 2.24. The summed E-state index contributed by atoms with van der Waals surface area (Å²) in [5.74, 6) is 0.491. The van der Waals surface area contributed by atoms with Crippen molar-refractivity contribution in [2.45, 2.75) is 51.1 Å². The minimum atomic E-state index is -0.625. The number of hydrogen-bond acceptors (Lipinski definition) is 3. The lowest BCUT2D eigenvalue weighted by Crippen LogP contribution is -2.43. The molecule has 1 aromatic heterocycles. The zero-order chi connectivity index (χ0) is 13.8. The molecule has 0 bridgehead atoms. The van der Waals surface area contributed by atoms with Crippen LogP contribution in [0.2, 0.25) is 0 Å². The molecule has 2 rings (SSSR count). The summed E-state index contributed by atoms with van der Waals surface area (Å²) >= 11 is 0. The van der Waals surface area contributed by atoms with Crippen LogP contribution in [0.15, 0.2) is 12.4 Å². The summed E-state index contributed by atoms with van der Waals surface area (Å²) in [6, 6.07) is -0.421. The standard InChI is InChI=1S/C14H24N4O/c1-10(11-6-4-3-5-7-11)17-14(19)13(15)12-8-16-18(2)9-12/h8-11,13H,3-7,15H2,1-2H3,(H,17,19). The van der Waals surface area contributed by atoms with Gasteiger partial charge < -0.3 is 11.1 Å². The van der Waals surface area contributed by atoms with E-state index in [9.17, 15) is 4.79 Å². The molecule has 0 radical (unpaired) electrons. The highest BCUT2D eigenvalue weighted by molar-refractivity contribution is 5.83. The smallest absolute Gasteiger partial charge is 0.241 e. The first-order valence-electron chi connectivity index (χ1n) is 7.12. The summed E-state index contributed by atoms with van der Waals surface area (Å²) in [6.45, 7) is 2.09. The Morgan fingerprint density at radius 3 is 2.74 bits per heavy atom. The lowest BCUT2D eigenvalue weighted by atomic mass is 9.84. The average Bonchev–Trinajstić information content (AvgIpc) is 2.85. The SMILES string of the molecule is CC(NC(=O)C(N)c1cnn(C)c1)C1CCCCC1. The Balaban J connectivity index is 1.89. The minimum absolute atomic E-state index is 0.105. The van der Waals surface area contributed by atoms with E-state index in [-0.39, 0.29) is 11.9 Å². The minimum Gasteiger partial charge on any atom is -0.352 e. The Morgan fingerprint density at radius 1 is 1.47 bits per heavy atom. The number of nitrogens with one attached hydrogen (secondary N) is 1. The Hall–Kier alpha value is -1.36. The van der Waals surface area contributed by atoms with E-state index in [0.29, 0.717) is 5.92 Å². The lowest BCUT2D eigenvalue weighted by molar-refractivity contribution is -0.123. The second-order valence-corrected chi connectivity index (χ2v) is 5.62. The second kappa shape index (κ2) is 6.19. The van der Waals surface area contributed by atoms with E-state index in [1.54, 1.807) is 17.1 Å². The van der Waals surface area contributed by atoms with E-state index in [0.717, 1.165) is 5.56 Å². The van der Waals surface area contributed by atoms with Gasteiger partial charge in [0.2, 0.25) is 5.91 Å². The van der Waals surface area contributed by atoms with E-state index >= 15 is 0 Å². The second-order valence-electron chi connectivity index (χ2n) is 5.62. The summed E-state index contributed by atoms with van der Waals surface area (Å²) in [7, 11) is 1.82. The molecule has 1 heterocycles. The van der Waals surface area contributed by atoms with Gasteiger partial charge in [0, 0.05) is 24.8 Å². The number of aromatic nitrogens is 2. The van der Waals surface area contributed by atoms with Crippen LogP contribution in [0.25, 0.3) is 0 Å². The molecule has 1 aliphatic carbocycles. The molecular formula is C14H24N4O. The monoisotopic (exact) mass is 264 g/mol. The third-order valence-electron chi connectivity index (χ3n) is 4.09. The highest BCUT2D eigenvalue weighted by Crippen LogP contribution is 2.26. The predicted octanol–water partition coefficient (Wildman–Crippen LogP) is 1.50. The molecule has 106 valence electrons. The average molecular weight is 264 g/mol. The Morgan fingerprint density at radius 2 is 2.16 bits per heavy atom. The quantitative estimate of drug-likeness (QED) is 0.865. The van der Waals surface area contributed by atoms with Crippen molar-refractivity contribution in [2.75, 3.05) is 0 Å². The molecule has 1 amide bonds. The third kappa shape index (κ3) is 3.56. The fourth-order valence-electron chi connectivity index (χ4n) is 2.82. The normalized spacial score (nSPS) is 19.9. The third-order valence-corrected chi connectivity index (χ3v) is 4.09. The van der Waals surface area contributed by atoms with Gasteiger partial charge in [0.15, 0.2) is 0 Å². The molecule has 2 atom stereocenters. The maximum atomic E-state index is 12.1. The molecule has 0 aliphatic heterocycles. The van der Waals surface area contributed by atoms with E-state index in [2.05, 4.69) is 17.3 Å². The molecule has 19 heavy (non-hydrogen) atoms. The van der Waals surface area contributed by atoms with Crippen molar-refractivity contribution in [1.29, 1.82) is 0 Å². The van der Waals surface area contributed by atoms with Gasteiger partial charge in [0.1, 0.15) is 6.04 Å². The van der Waals surface area contributed by atoms with Gasteiger partial charge in [0.25, 0.3) is 0 Å². The van der Waals surface area contributed by atoms with Crippen molar-refractivity contribution >= 4 is 5.91 Å². The Bertz CT molecular complexity index is 423. The summed E-state index contributed by atoms with van der Waals surface area (Å²) in [5.41, 5.74) is 6.72. The number of nitrogens with two attached hydrogens (primary N) is 1. The summed E-state index contributed by atoms with van der Waals surface area (Å²) in [4.78, 5) is 12.1. The first kappa shape index (κ1) is 14.1. The van der Waals surface area contributed by atoms with Crippen molar-refractivity contribution in [3.05, 3.63) is 18.0 Å². The van der Waals surface area contributed by atoms with E-state index in [1.807, 2.05) is 7.05 Å². The molecule has 0 spiro atoms. The van der Waals surface area contributed by atoms with Gasteiger partial charge in [-0.25, -0.2) is 0 Å². The zero-order valence-corrected chi connectivity index (χ0v) is 11.8. The number of aryl methyl sites for hydroxylation is 1. The highest BCUT2D eigenvalue weighted by atomic mass is 16.2. The summed E-state index contributed by atoms with van der Waals surface area (Å²) < 4.78 is 1.66. The number of hydrogen-bond donors (Lipinski definition) is 2. The molecular weight excluding hydrogens is 240 g/mol. The van der Waals surface area contributed by atoms with Crippen LogP contribution in [0.5, 0.6) is 0 Å². The van der Waals surface area contributed by atoms with Gasteiger partial charge in [-0.15, -0.1) is 0 Å². The fourth-order valence-corrected chi connectivity index (χ4v) is 2.82. The van der Waals surface area contributed by atoms with E-state index < -0.39 is 6.04 Å². The van der Waals surface area contributed by atoms with Gasteiger partial charge in [-0.2, -0.15) is 5.10 Å². The van der Waals surface area contributed by atoms with Crippen molar-refractivity contribution in [3.8, 4) is 0 Å². The van der Waals surface area contributed by atoms with Crippen LogP contribution >= 0.6 is 0 Å². The van der Waals surface area contributed by atoms with Gasteiger partial charge in [-0.1, -0.05) is 19.3 Å². The number of carbonyl (C=O) groups excluding carboxylic acids is 1. The molecule has 0 aromatic carbocycles. The fraction of sp³-hybridized carbons (Fsp3) is 0.714. The topological polar surface area (TPSA) is 72.9 Å². The number of nitrogens with zero attached hydrogens (tertiary/aromatic N) is 2. The van der Waals surface area contributed by atoms with E-state index in [1.165, 1.54) is 32.1 Å². The molecule has 2 unspecified atom stereocenters. The lowest BCUT2D eigenvalue weighted by Gasteiger charge is -2.29. The Labute approximate surface area is 114 Å². The molecule has 1 saturated carbocycles. The van der Waals surface area contributed by atoms with Crippen molar-refractivity contribution in [2.24, 2.45) is 18.7 Å². The maximum Gasteiger partial charge on any atom is 0.241 e. The number of rotatable bonds is 4. The van der Waals surface area contributed by atoms with Crippen LogP contribution < -0.4 is 11.1 Å². The van der Waals surface area contributed by atoms with Crippen LogP contribution in [-0.2, 0) is 11.8 Å². The van der Waals surface area contributed by atoms with Crippen LogP contribution in [0.1, 0.15) is 50.6 Å². The molecule has 0 saturated heterocycles. The first-order valence-corrected chi connectivity index (χ1v) is 7.12. The molecule has 1 aromatic rings. The number of carbonyl (C=O) groups is 1. The molecule has 5 heteroatoms. The van der Waals surface area contributed by atoms with E-state index in [4.69, 9.17) is 5.73 Å². The Kier molecular flexibility index (Phi) is 4.58. The van der Waals surface area contributed by atoms with Gasteiger partial charge in [-0.05, 0) is 25.7 Å². The number of amides is 1. The molecule has 1 fully saturated rings. The van der Waals surface area contributed by atoms with Crippen LogP contribution in [0.4, 0.5) is 0 Å². The largest absolute Gasteiger partial charge is 0.352 e. The van der Waals surface area contributed by atoms with Crippen molar-refractivity contribution in [1.82, 2.24) is 15.1 Å². The van der Waals surface area contributed by atoms with Crippen LogP contribution in [0, 0.1) is 5.92 Å². The van der Waals surface area contributed by atoms with Crippen LogP contribution in [-0.4, -0.2) is 21.7 Å². The first-order chi connectivity index (χ1) is 9.08. The van der Waals surface area contributed by atoms with Gasteiger partial charge in [-0.3, -0.25) is 9.48 Å².